The second kappa shape index (κ2) is 4.60. The molecule has 0 saturated heterocycles. The van der Waals surface area contributed by atoms with E-state index in [2.05, 4.69) is 4.98 Å². The minimum atomic E-state index is -0.414. The molecule has 82 valence electrons. The maximum Gasteiger partial charge on any atom is 0.142 e. The van der Waals surface area contributed by atoms with Gasteiger partial charge in [-0.25, -0.2) is 4.39 Å². The number of hydrogen-bond donors (Lipinski definition) is 1. The molecule has 2 nitrogen and oxygen atoms in total. The Hall–Kier alpha value is -1.45. The van der Waals surface area contributed by atoms with E-state index in [-0.39, 0.29) is 6.61 Å². The number of pyridine rings is 1. The lowest BCUT2D eigenvalue weighted by Crippen LogP contribution is -1.88. The summed E-state index contributed by atoms with van der Waals surface area (Å²) < 4.78 is 13.0. The van der Waals surface area contributed by atoms with Gasteiger partial charge in [0.25, 0.3) is 0 Å². The van der Waals surface area contributed by atoms with Gasteiger partial charge in [0.1, 0.15) is 5.82 Å². The SMILES string of the molecule is OCc1ccc(Cl)c(-c2cncc(F)c2)c1. The number of halogens is 2. The van der Waals surface area contributed by atoms with Crippen molar-refractivity contribution in [3.05, 3.63) is 53.1 Å². The molecule has 0 aliphatic carbocycles. The molecule has 1 aromatic heterocycles. The van der Waals surface area contributed by atoms with Crippen molar-refractivity contribution in [1.29, 1.82) is 0 Å². The lowest BCUT2D eigenvalue weighted by Gasteiger charge is -2.06. The van der Waals surface area contributed by atoms with Gasteiger partial charge in [0.05, 0.1) is 12.8 Å². The van der Waals surface area contributed by atoms with Gasteiger partial charge in [-0.15, -0.1) is 0 Å². The molecule has 2 rings (SSSR count). The Morgan fingerprint density at radius 2 is 2.06 bits per heavy atom. The van der Waals surface area contributed by atoms with Gasteiger partial charge in [-0.1, -0.05) is 17.7 Å². The lowest BCUT2D eigenvalue weighted by atomic mass is 10.0. The fourth-order valence-electron chi connectivity index (χ4n) is 1.45. The third-order valence-electron chi connectivity index (χ3n) is 2.23. The molecular formula is C12H9ClFNO. The summed E-state index contributed by atoms with van der Waals surface area (Å²) in [6, 6.07) is 6.47. The number of hydrogen-bond acceptors (Lipinski definition) is 2. The molecule has 0 aliphatic rings. The molecule has 4 heteroatoms. The number of benzene rings is 1. The molecule has 1 N–H and O–H groups in total. The van der Waals surface area contributed by atoms with Crippen molar-refractivity contribution in [2.75, 3.05) is 0 Å². The molecule has 1 heterocycles. The van der Waals surface area contributed by atoms with E-state index in [9.17, 15) is 4.39 Å². The summed E-state index contributed by atoms with van der Waals surface area (Å²) >= 11 is 6.01. The molecular weight excluding hydrogens is 229 g/mol. The quantitative estimate of drug-likeness (QED) is 0.871. The van der Waals surface area contributed by atoms with Gasteiger partial charge in [-0.3, -0.25) is 4.98 Å². The summed E-state index contributed by atoms with van der Waals surface area (Å²) in [5.74, 6) is -0.414. The van der Waals surface area contributed by atoms with Crippen LogP contribution in [0.3, 0.4) is 0 Å². The van der Waals surface area contributed by atoms with Crippen LogP contribution in [0.4, 0.5) is 4.39 Å². The summed E-state index contributed by atoms with van der Waals surface area (Å²) in [5.41, 5.74) is 1.99. The molecule has 1 aromatic carbocycles. The second-order valence-corrected chi connectivity index (χ2v) is 3.77. The van der Waals surface area contributed by atoms with Gasteiger partial charge in [0.2, 0.25) is 0 Å². The van der Waals surface area contributed by atoms with Gasteiger partial charge in [-0.05, 0) is 23.8 Å². The number of aliphatic hydroxyl groups is 1. The Bertz CT molecular complexity index is 516. The Balaban J connectivity index is 2.54. The number of rotatable bonds is 2. The molecule has 2 aromatic rings. The van der Waals surface area contributed by atoms with Crippen molar-refractivity contribution >= 4 is 11.6 Å². The van der Waals surface area contributed by atoms with E-state index in [0.29, 0.717) is 16.1 Å². The smallest absolute Gasteiger partial charge is 0.142 e. The fourth-order valence-corrected chi connectivity index (χ4v) is 1.68. The first kappa shape index (κ1) is 11.0. The van der Waals surface area contributed by atoms with Crippen LogP contribution in [-0.2, 0) is 6.61 Å². The summed E-state index contributed by atoms with van der Waals surface area (Å²) in [5, 5.41) is 9.53. The maximum absolute atomic E-state index is 13.0. The summed E-state index contributed by atoms with van der Waals surface area (Å²) in [7, 11) is 0. The van der Waals surface area contributed by atoms with Gasteiger partial charge < -0.3 is 5.11 Å². The zero-order valence-electron chi connectivity index (χ0n) is 8.32. The zero-order valence-corrected chi connectivity index (χ0v) is 9.08. The average Bonchev–Trinajstić information content (AvgIpc) is 2.30. The highest BCUT2D eigenvalue weighted by Crippen LogP contribution is 2.28. The van der Waals surface area contributed by atoms with E-state index in [1.807, 2.05) is 0 Å². The van der Waals surface area contributed by atoms with E-state index in [1.54, 1.807) is 18.2 Å². The standard InChI is InChI=1S/C12H9ClFNO/c13-12-2-1-8(7-16)3-11(12)9-4-10(14)6-15-5-9/h1-6,16H,7H2. The van der Waals surface area contributed by atoms with Crippen molar-refractivity contribution in [3.63, 3.8) is 0 Å². The van der Waals surface area contributed by atoms with Crippen LogP contribution in [0, 0.1) is 5.82 Å². The fraction of sp³-hybridized carbons (Fsp3) is 0.0833. The normalized spacial score (nSPS) is 10.4. The highest BCUT2D eigenvalue weighted by molar-refractivity contribution is 6.33. The van der Waals surface area contributed by atoms with Crippen LogP contribution in [0.1, 0.15) is 5.56 Å². The van der Waals surface area contributed by atoms with Crippen LogP contribution in [0.2, 0.25) is 5.02 Å². The maximum atomic E-state index is 13.0. The van der Waals surface area contributed by atoms with Crippen LogP contribution < -0.4 is 0 Å². The van der Waals surface area contributed by atoms with E-state index in [1.165, 1.54) is 12.3 Å². The Labute approximate surface area is 97.3 Å². The number of aromatic nitrogens is 1. The van der Waals surface area contributed by atoms with Gasteiger partial charge in [0, 0.05) is 22.3 Å². The van der Waals surface area contributed by atoms with Crippen molar-refractivity contribution in [1.82, 2.24) is 4.98 Å². The highest BCUT2D eigenvalue weighted by atomic mass is 35.5. The van der Waals surface area contributed by atoms with E-state index >= 15 is 0 Å². The van der Waals surface area contributed by atoms with Crippen LogP contribution >= 0.6 is 11.6 Å². The molecule has 0 unspecified atom stereocenters. The highest BCUT2D eigenvalue weighted by Gasteiger charge is 2.06. The van der Waals surface area contributed by atoms with Crippen molar-refractivity contribution in [3.8, 4) is 11.1 Å². The summed E-state index contributed by atoms with van der Waals surface area (Å²) in [6.45, 7) is -0.0765. The predicted molar refractivity (Wildman–Crippen MR) is 60.6 cm³/mol. The first-order valence-electron chi connectivity index (χ1n) is 4.71. The molecule has 0 spiro atoms. The minimum Gasteiger partial charge on any atom is -0.392 e. The van der Waals surface area contributed by atoms with E-state index in [0.717, 1.165) is 11.8 Å². The molecule has 0 amide bonds. The van der Waals surface area contributed by atoms with E-state index < -0.39 is 5.82 Å². The molecule has 16 heavy (non-hydrogen) atoms. The van der Waals surface area contributed by atoms with Gasteiger partial charge in [0.15, 0.2) is 0 Å². The van der Waals surface area contributed by atoms with Crippen molar-refractivity contribution in [2.45, 2.75) is 6.61 Å². The third kappa shape index (κ3) is 2.21. The molecule has 0 bridgehead atoms. The first-order chi connectivity index (χ1) is 7.70. The largest absolute Gasteiger partial charge is 0.392 e. The van der Waals surface area contributed by atoms with Crippen LogP contribution in [0.15, 0.2) is 36.7 Å². The molecule has 0 aliphatic heterocycles. The average molecular weight is 238 g/mol. The van der Waals surface area contributed by atoms with Crippen molar-refractivity contribution in [2.24, 2.45) is 0 Å². The van der Waals surface area contributed by atoms with E-state index in [4.69, 9.17) is 16.7 Å². The summed E-state index contributed by atoms with van der Waals surface area (Å²) in [6.07, 6.45) is 2.67. The van der Waals surface area contributed by atoms with Crippen molar-refractivity contribution < 1.29 is 9.50 Å². The number of aliphatic hydroxyl groups excluding tert-OH is 1. The minimum absolute atomic E-state index is 0.0765. The number of nitrogens with zero attached hydrogens (tertiary/aromatic N) is 1. The Morgan fingerprint density at radius 3 is 2.75 bits per heavy atom. The predicted octanol–water partition coefficient (Wildman–Crippen LogP) is 3.03. The first-order valence-corrected chi connectivity index (χ1v) is 5.08. The summed E-state index contributed by atoms with van der Waals surface area (Å²) in [4.78, 5) is 3.76. The third-order valence-corrected chi connectivity index (χ3v) is 2.56. The lowest BCUT2D eigenvalue weighted by molar-refractivity contribution is 0.282. The van der Waals surface area contributed by atoms with Crippen LogP contribution in [0.5, 0.6) is 0 Å². The molecule has 0 fully saturated rings. The van der Waals surface area contributed by atoms with Crippen LogP contribution in [0.25, 0.3) is 11.1 Å². The molecule has 0 radical (unpaired) electrons. The Morgan fingerprint density at radius 1 is 1.25 bits per heavy atom. The topological polar surface area (TPSA) is 33.1 Å². The van der Waals surface area contributed by atoms with Gasteiger partial charge >= 0.3 is 0 Å². The zero-order chi connectivity index (χ0) is 11.5. The monoisotopic (exact) mass is 237 g/mol. The molecule has 0 atom stereocenters. The van der Waals surface area contributed by atoms with Gasteiger partial charge in [-0.2, -0.15) is 0 Å². The molecule has 0 saturated carbocycles. The Kier molecular flexibility index (Phi) is 3.17. The second-order valence-electron chi connectivity index (χ2n) is 3.36. The van der Waals surface area contributed by atoms with Crippen LogP contribution in [-0.4, -0.2) is 10.1 Å².